The maximum atomic E-state index is 12.1. The van der Waals surface area contributed by atoms with Gasteiger partial charge in [0.15, 0.2) is 0 Å². The van der Waals surface area contributed by atoms with Gasteiger partial charge in [-0.15, -0.1) is 0 Å². The van der Waals surface area contributed by atoms with Crippen LogP contribution in [-0.4, -0.2) is 18.5 Å². The van der Waals surface area contributed by atoms with E-state index in [1.807, 2.05) is 32.0 Å². The van der Waals surface area contributed by atoms with Gasteiger partial charge in [0.05, 0.1) is 5.92 Å². The van der Waals surface area contributed by atoms with Crippen molar-refractivity contribution in [3.63, 3.8) is 0 Å². The molecule has 18 heavy (non-hydrogen) atoms. The van der Waals surface area contributed by atoms with Crippen LogP contribution >= 0.6 is 0 Å². The predicted octanol–water partition coefficient (Wildman–Crippen LogP) is 1.89. The molecule has 3 heteroatoms. The maximum absolute atomic E-state index is 12.1. The molecule has 1 aromatic carbocycles. The first kappa shape index (κ1) is 13.1. The second-order valence-electron chi connectivity index (χ2n) is 5.45. The second-order valence-corrected chi connectivity index (χ2v) is 5.45. The van der Waals surface area contributed by atoms with Gasteiger partial charge in [-0.25, -0.2) is 0 Å². The Morgan fingerprint density at radius 2 is 2.06 bits per heavy atom. The fraction of sp³-hybridized carbons (Fsp3) is 0.533. The highest BCUT2D eigenvalue weighted by molar-refractivity contribution is 5.80. The lowest BCUT2D eigenvalue weighted by Crippen LogP contribution is -2.39. The zero-order valence-electron chi connectivity index (χ0n) is 11.1. The summed E-state index contributed by atoms with van der Waals surface area (Å²) in [5.41, 5.74) is 6.97. The largest absolute Gasteiger partial charge is 0.352 e. The van der Waals surface area contributed by atoms with Gasteiger partial charge in [0, 0.05) is 18.5 Å². The molecule has 98 valence electrons. The van der Waals surface area contributed by atoms with Gasteiger partial charge in [0.25, 0.3) is 0 Å². The first-order valence-electron chi connectivity index (χ1n) is 6.69. The topological polar surface area (TPSA) is 55.1 Å². The minimum atomic E-state index is -0.0676. The van der Waals surface area contributed by atoms with Crippen molar-refractivity contribution in [3.05, 3.63) is 35.9 Å². The molecule has 0 aromatic heterocycles. The Morgan fingerprint density at radius 1 is 1.39 bits per heavy atom. The number of nitrogens with one attached hydrogen (secondary N) is 1. The molecule has 3 unspecified atom stereocenters. The molecule has 0 heterocycles. The SMILES string of the molecule is CC(C)C(CN)C(=O)NC1CC1c1ccccc1. The smallest absolute Gasteiger partial charge is 0.224 e. The molecule has 0 aliphatic heterocycles. The molecule has 1 fully saturated rings. The molecule has 1 saturated carbocycles. The van der Waals surface area contributed by atoms with Gasteiger partial charge < -0.3 is 11.1 Å². The van der Waals surface area contributed by atoms with Crippen LogP contribution in [0.1, 0.15) is 31.7 Å². The van der Waals surface area contributed by atoms with Gasteiger partial charge >= 0.3 is 0 Å². The van der Waals surface area contributed by atoms with Crippen molar-refractivity contribution in [1.29, 1.82) is 0 Å². The highest BCUT2D eigenvalue weighted by atomic mass is 16.2. The number of amides is 1. The van der Waals surface area contributed by atoms with Crippen LogP contribution in [0.4, 0.5) is 0 Å². The van der Waals surface area contributed by atoms with Crippen LogP contribution in [0.3, 0.4) is 0 Å². The van der Waals surface area contributed by atoms with Crippen LogP contribution in [0.25, 0.3) is 0 Å². The summed E-state index contributed by atoms with van der Waals surface area (Å²) in [6, 6.07) is 10.7. The fourth-order valence-electron chi connectivity index (χ4n) is 2.39. The molecule has 3 atom stereocenters. The molecule has 1 amide bonds. The van der Waals surface area contributed by atoms with Crippen LogP contribution in [0.5, 0.6) is 0 Å². The third-order valence-corrected chi connectivity index (χ3v) is 3.74. The Labute approximate surface area is 109 Å². The number of benzene rings is 1. The number of rotatable bonds is 5. The molecule has 3 nitrogen and oxygen atoms in total. The molecule has 3 N–H and O–H groups in total. The van der Waals surface area contributed by atoms with Crippen LogP contribution in [0.2, 0.25) is 0 Å². The Balaban J connectivity index is 1.88. The van der Waals surface area contributed by atoms with E-state index in [1.165, 1.54) is 5.56 Å². The highest BCUT2D eigenvalue weighted by Gasteiger charge is 2.40. The van der Waals surface area contributed by atoms with E-state index >= 15 is 0 Å². The molecular formula is C15H22N2O. The second kappa shape index (κ2) is 5.53. The third-order valence-electron chi connectivity index (χ3n) is 3.74. The van der Waals surface area contributed by atoms with E-state index in [-0.39, 0.29) is 11.8 Å². The minimum absolute atomic E-state index is 0.0676. The number of hydrogen-bond acceptors (Lipinski definition) is 2. The van der Waals surface area contributed by atoms with E-state index in [2.05, 4.69) is 17.4 Å². The number of hydrogen-bond donors (Lipinski definition) is 2. The summed E-state index contributed by atoms with van der Waals surface area (Å²) in [5.74, 6) is 0.822. The number of carbonyl (C=O) groups is 1. The van der Waals surface area contributed by atoms with Crippen LogP contribution < -0.4 is 11.1 Å². The summed E-state index contributed by atoms with van der Waals surface area (Å²) in [6.45, 7) is 4.50. The average molecular weight is 246 g/mol. The molecule has 2 rings (SSSR count). The van der Waals surface area contributed by atoms with E-state index in [0.717, 1.165) is 6.42 Å². The molecule has 1 aliphatic rings. The van der Waals surface area contributed by atoms with Crippen molar-refractivity contribution in [2.45, 2.75) is 32.2 Å². The lowest BCUT2D eigenvalue weighted by Gasteiger charge is -2.18. The van der Waals surface area contributed by atoms with E-state index in [1.54, 1.807) is 0 Å². The summed E-state index contributed by atoms with van der Waals surface area (Å²) >= 11 is 0. The molecular weight excluding hydrogens is 224 g/mol. The molecule has 1 aromatic rings. The van der Waals surface area contributed by atoms with Gasteiger partial charge in [0.2, 0.25) is 5.91 Å². The van der Waals surface area contributed by atoms with Gasteiger partial charge in [-0.2, -0.15) is 0 Å². The van der Waals surface area contributed by atoms with E-state index in [0.29, 0.717) is 24.4 Å². The summed E-state index contributed by atoms with van der Waals surface area (Å²) < 4.78 is 0. The lowest BCUT2D eigenvalue weighted by atomic mass is 9.95. The summed E-state index contributed by atoms with van der Waals surface area (Å²) in [6.07, 6.45) is 1.05. The van der Waals surface area contributed by atoms with E-state index in [9.17, 15) is 4.79 Å². The van der Waals surface area contributed by atoms with E-state index < -0.39 is 0 Å². The first-order valence-corrected chi connectivity index (χ1v) is 6.69. The standard InChI is InChI=1S/C15H22N2O/c1-10(2)13(9-16)15(18)17-14-8-12(14)11-6-4-3-5-7-11/h3-7,10,12-14H,8-9,16H2,1-2H3,(H,17,18). The maximum Gasteiger partial charge on any atom is 0.224 e. The minimum Gasteiger partial charge on any atom is -0.352 e. The molecule has 0 spiro atoms. The number of carbonyl (C=O) groups excluding carboxylic acids is 1. The Morgan fingerprint density at radius 3 is 2.61 bits per heavy atom. The van der Waals surface area contributed by atoms with Crippen molar-refractivity contribution >= 4 is 5.91 Å². The average Bonchev–Trinajstić information content (AvgIpc) is 3.10. The van der Waals surface area contributed by atoms with Crippen LogP contribution in [-0.2, 0) is 4.79 Å². The van der Waals surface area contributed by atoms with Crippen LogP contribution in [0, 0.1) is 11.8 Å². The summed E-state index contributed by atoms with van der Waals surface area (Å²) in [7, 11) is 0. The monoisotopic (exact) mass is 246 g/mol. The normalized spacial score (nSPS) is 23.8. The third kappa shape index (κ3) is 2.91. The molecule has 0 saturated heterocycles. The highest BCUT2D eigenvalue weighted by Crippen LogP contribution is 2.40. The van der Waals surface area contributed by atoms with E-state index in [4.69, 9.17) is 5.73 Å². The zero-order valence-corrected chi connectivity index (χ0v) is 11.1. The van der Waals surface area contributed by atoms with Gasteiger partial charge in [-0.05, 0) is 17.9 Å². The summed E-state index contributed by atoms with van der Waals surface area (Å²) in [5, 5.41) is 3.12. The van der Waals surface area contributed by atoms with Crippen molar-refractivity contribution in [1.82, 2.24) is 5.32 Å². The summed E-state index contributed by atoms with van der Waals surface area (Å²) in [4.78, 5) is 12.1. The van der Waals surface area contributed by atoms with Crippen molar-refractivity contribution in [3.8, 4) is 0 Å². The fourth-order valence-corrected chi connectivity index (χ4v) is 2.39. The zero-order chi connectivity index (χ0) is 13.1. The molecule has 1 aliphatic carbocycles. The Hall–Kier alpha value is -1.35. The van der Waals surface area contributed by atoms with Crippen molar-refractivity contribution in [2.24, 2.45) is 17.6 Å². The van der Waals surface area contributed by atoms with Gasteiger partial charge in [-0.3, -0.25) is 4.79 Å². The number of nitrogens with two attached hydrogens (primary N) is 1. The first-order chi connectivity index (χ1) is 8.63. The Bertz CT molecular complexity index is 402. The van der Waals surface area contributed by atoms with Crippen LogP contribution in [0.15, 0.2) is 30.3 Å². The lowest BCUT2D eigenvalue weighted by molar-refractivity contribution is -0.126. The quantitative estimate of drug-likeness (QED) is 0.833. The molecule has 0 bridgehead atoms. The Kier molecular flexibility index (Phi) is 4.02. The van der Waals surface area contributed by atoms with Gasteiger partial charge in [0.1, 0.15) is 0 Å². The molecule has 0 radical (unpaired) electrons. The van der Waals surface area contributed by atoms with Crippen molar-refractivity contribution < 1.29 is 4.79 Å². The predicted molar refractivity (Wildman–Crippen MR) is 73.1 cm³/mol. The van der Waals surface area contributed by atoms with Crippen molar-refractivity contribution in [2.75, 3.05) is 6.54 Å². The van der Waals surface area contributed by atoms with Gasteiger partial charge in [-0.1, -0.05) is 44.2 Å².